The average molecular weight is 321 g/mol. The third-order valence-electron chi connectivity index (χ3n) is 3.12. The Labute approximate surface area is 132 Å². The number of carbonyl (C=O) groups excluding carboxylic acids is 1. The minimum absolute atomic E-state index is 0.0632. The number of nitrogens with one attached hydrogen (secondary N) is 1. The van der Waals surface area contributed by atoms with E-state index in [1.54, 1.807) is 17.0 Å². The number of halogens is 1. The van der Waals surface area contributed by atoms with Crippen LogP contribution < -0.4 is 9.88 Å². The van der Waals surface area contributed by atoms with Crippen LogP contribution in [0, 0.1) is 10.1 Å². The zero-order chi connectivity index (χ0) is 16.1. The molecule has 0 aliphatic rings. The van der Waals surface area contributed by atoms with Gasteiger partial charge in [0.2, 0.25) is 6.54 Å². The first-order chi connectivity index (χ1) is 10.5. The van der Waals surface area contributed by atoms with E-state index < -0.39 is 4.92 Å². The SMILES string of the molecule is CCc1cc[n+](CC(=O)Nc2cc(Cl)ccc2[N+](=O)[O-])cc1. The topological polar surface area (TPSA) is 76.1 Å². The molecule has 0 radical (unpaired) electrons. The number of benzene rings is 1. The molecule has 2 rings (SSSR count). The van der Waals surface area contributed by atoms with Crippen molar-refractivity contribution in [1.29, 1.82) is 0 Å². The molecule has 0 spiro atoms. The van der Waals surface area contributed by atoms with Crippen LogP contribution in [-0.2, 0) is 17.8 Å². The maximum atomic E-state index is 12.0. The first-order valence-corrected chi connectivity index (χ1v) is 7.09. The standard InChI is InChI=1S/C15H14ClN3O3/c1-2-11-5-7-18(8-6-11)10-15(20)17-13-9-12(16)3-4-14(13)19(21)22/h3-9H,2,10H2,1H3/p+1. The van der Waals surface area contributed by atoms with E-state index in [1.807, 2.05) is 19.1 Å². The Morgan fingerprint density at radius 1 is 1.32 bits per heavy atom. The van der Waals surface area contributed by atoms with Gasteiger partial charge in [-0.1, -0.05) is 18.5 Å². The lowest BCUT2D eigenvalue weighted by atomic mass is 10.2. The summed E-state index contributed by atoms with van der Waals surface area (Å²) in [4.78, 5) is 22.4. The van der Waals surface area contributed by atoms with Crippen LogP contribution in [0.3, 0.4) is 0 Å². The Morgan fingerprint density at radius 2 is 2.00 bits per heavy atom. The van der Waals surface area contributed by atoms with Crippen molar-refractivity contribution < 1.29 is 14.3 Å². The molecule has 0 saturated carbocycles. The monoisotopic (exact) mass is 320 g/mol. The molecule has 114 valence electrons. The van der Waals surface area contributed by atoms with E-state index in [-0.39, 0.29) is 23.8 Å². The van der Waals surface area contributed by atoms with Gasteiger partial charge in [-0.05, 0) is 24.1 Å². The first kappa shape index (κ1) is 15.9. The number of carbonyl (C=O) groups is 1. The molecule has 1 N–H and O–H groups in total. The van der Waals surface area contributed by atoms with E-state index in [0.717, 1.165) is 6.42 Å². The smallest absolute Gasteiger partial charge is 0.292 e. The summed E-state index contributed by atoms with van der Waals surface area (Å²) in [6.07, 6.45) is 4.51. The van der Waals surface area contributed by atoms with Crippen LogP contribution in [-0.4, -0.2) is 10.8 Å². The molecular formula is C15H15ClN3O3+. The van der Waals surface area contributed by atoms with Gasteiger partial charge in [-0.2, -0.15) is 4.57 Å². The minimum Gasteiger partial charge on any atom is -0.315 e. The third-order valence-corrected chi connectivity index (χ3v) is 3.36. The van der Waals surface area contributed by atoms with E-state index >= 15 is 0 Å². The van der Waals surface area contributed by atoms with Crippen molar-refractivity contribution in [3.63, 3.8) is 0 Å². The second kappa shape index (κ2) is 7.00. The molecule has 0 saturated heterocycles. The number of aryl methyl sites for hydroxylation is 1. The number of hydrogen-bond donors (Lipinski definition) is 1. The number of anilines is 1. The summed E-state index contributed by atoms with van der Waals surface area (Å²) >= 11 is 5.82. The highest BCUT2D eigenvalue weighted by Crippen LogP contribution is 2.27. The number of nitrogens with zero attached hydrogens (tertiary/aromatic N) is 2. The summed E-state index contributed by atoms with van der Waals surface area (Å²) in [6.45, 7) is 2.11. The van der Waals surface area contributed by atoms with Crippen molar-refractivity contribution in [3.8, 4) is 0 Å². The molecule has 1 heterocycles. The predicted octanol–water partition coefficient (Wildman–Crippen LogP) is 2.74. The summed E-state index contributed by atoms with van der Waals surface area (Å²) in [5, 5.41) is 13.8. The Hall–Kier alpha value is -2.47. The molecule has 6 nitrogen and oxygen atoms in total. The summed E-state index contributed by atoms with van der Waals surface area (Å²) in [5.41, 5.74) is 1.07. The Bertz CT molecular complexity index is 702. The first-order valence-electron chi connectivity index (χ1n) is 6.71. The molecule has 1 amide bonds. The van der Waals surface area contributed by atoms with Gasteiger partial charge < -0.3 is 5.32 Å². The highest BCUT2D eigenvalue weighted by molar-refractivity contribution is 6.31. The van der Waals surface area contributed by atoms with Crippen LogP contribution in [0.5, 0.6) is 0 Å². The van der Waals surface area contributed by atoms with Crippen LogP contribution in [0.4, 0.5) is 11.4 Å². The third kappa shape index (κ3) is 4.02. The maximum Gasteiger partial charge on any atom is 0.292 e. The van der Waals surface area contributed by atoms with Crippen molar-refractivity contribution in [2.24, 2.45) is 0 Å². The molecular weight excluding hydrogens is 306 g/mol. The van der Waals surface area contributed by atoms with Gasteiger partial charge >= 0.3 is 0 Å². The maximum absolute atomic E-state index is 12.0. The van der Waals surface area contributed by atoms with Crippen LogP contribution in [0.1, 0.15) is 12.5 Å². The fourth-order valence-corrected chi connectivity index (χ4v) is 2.12. The van der Waals surface area contributed by atoms with E-state index in [4.69, 9.17) is 11.6 Å². The largest absolute Gasteiger partial charge is 0.315 e. The second-order valence-electron chi connectivity index (χ2n) is 4.70. The summed E-state index contributed by atoms with van der Waals surface area (Å²) in [5.74, 6) is -0.361. The second-order valence-corrected chi connectivity index (χ2v) is 5.14. The summed E-state index contributed by atoms with van der Waals surface area (Å²) < 4.78 is 1.70. The van der Waals surface area contributed by atoms with Crippen LogP contribution in [0.15, 0.2) is 42.7 Å². The lowest BCUT2D eigenvalue weighted by molar-refractivity contribution is -0.684. The van der Waals surface area contributed by atoms with Gasteiger partial charge in [0.15, 0.2) is 12.4 Å². The van der Waals surface area contributed by atoms with Gasteiger partial charge in [0.1, 0.15) is 5.69 Å². The average Bonchev–Trinajstić information content (AvgIpc) is 2.47. The molecule has 1 aromatic heterocycles. The van der Waals surface area contributed by atoms with Gasteiger partial charge in [0.05, 0.1) is 4.92 Å². The number of aromatic nitrogens is 1. The van der Waals surface area contributed by atoms with Crippen molar-refractivity contribution in [1.82, 2.24) is 0 Å². The predicted molar refractivity (Wildman–Crippen MR) is 82.8 cm³/mol. The van der Waals surface area contributed by atoms with Gasteiger partial charge in [-0.15, -0.1) is 0 Å². The highest BCUT2D eigenvalue weighted by Gasteiger charge is 2.18. The fourth-order valence-electron chi connectivity index (χ4n) is 1.95. The van der Waals surface area contributed by atoms with Crippen LogP contribution in [0.25, 0.3) is 0 Å². The van der Waals surface area contributed by atoms with E-state index in [9.17, 15) is 14.9 Å². The van der Waals surface area contributed by atoms with Crippen molar-refractivity contribution >= 4 is 28.9 Å². The van der Waals surface area contributed by atoms with Crippen molar-refractivity contribution in [3.05, 3.63) is 63.4 Å². The van der Waals surface area contributed by atoms with Crippen molar-refractivity contribution in [2.45, 2.75) is 19.9 Å². The van der Waals surface area contributed by atoms with E-state index in [2.05, 4.69) is 5.32 Å². The fraction of sp³-hybridized carbons (Fsp3) is 0.200. The molecule has 2 aromatic rings. The van der Waals surface area contributed by atoms with Gasteiger partial charge in [0, 0.05) is 23.2 Å². The van der Waals surface area contributed by atoms with Gasteiger partial charge in [0.25, 0.3) is 11.6 Å². The van der Waals surface area contributed by atoms with Crippen molar-refractivity contribution in [2.75, 3.05) is 5.32 Å². The zero-order valence-electron chi connectivity index (χ0n) is 12.0. The molecule has 0 atom stereocenters. The highest BCUT2D eigenvalue weighted by atomic mass is 35.5. The molecule has 0 bridgehead atoms. The lowest BCUT2D eigenvalue weighted by Crippen LogP contribution is -2.39. The number of pyridine rings is 1. The number of nitro benzene ring substituents is 1. The lowest BCUT2D eigenvalue weighted by Gasteiger charge is -2.05. The number of hydrogen-bond acceptors (Lipinski definition) is 3. The Kier molecular flexibility index (Phi) is 5.06. The molecule has 22 heavy (non-hydrogen) atoms. The number of amides is 1. The molecule has 0 aliphatic carbocycles. The van der Waals surface area contributed by atoms with Crippen LogP contribution >= 0.6 is 11.6 Å². The normalized spacial score (nSPS) is 10.3. The molecule has 0 aliphatic heterocycles. The quantitative estimate of drug-likeness (QED) is 0.523. The minimum atomic E-state index is -0.560. The number of nitro groups is 1. The molecule has 1 aromatic carbocycles. The molecule has 0 unspecified atom stereocenters. The van der Waals surface area contributed by atoms with Crippen LogP contribution in [0.2, 0.25) is 5.02 Å². The van der Waals surface area contributed by atoms with E-state index in [1.165, 1.54) is 23.8 Å². The zero-order valence-corrected chi connectivity index (χ0v) is 12.7. The van der Waals surface area contributed by atoms with Gasteiger partial charge in [-0.25, -0.2) is 0 Å². The summed E-state index contributed by atoms with van der Waals surface area (Å²) in [7, 11) is 0. The molecule has 7 heteroatoms. The number of rotatable bonds is 5. The van der Waals surface area contributed by atoms with E-state index in [0.29, 0.717) is 5.02 Å². The van der Waals surface area contributed by atoms with Gasteiger partial charge in [-0.3, -0.25) is 14.9 Å². The summed E-state index contributed by atoms with van der Waals surface area (Å²) in [6, 6.07) is 7.89. The Morgan fingerprint density at radius 3 is 2.59 bits per heavy atom. The molecule has 0 fully saturated rings. The Balaban J connectivity index is 2.11.